The molecule has 0 bridgehead atoms. The Balaban J connectivity index is 2.00. The second-order valence-electron chi connectivity index (χ2n) is 4.74. The van der Waals surface area contributed by atoms with Gasteiger partial charge in [0.15, 0.2) is 0 Å². The molecule has 0 spiro atoms. The average molecular weight is 265 g/mol. The Kier molecular flexibility index (Phi) is 3.08. The molecule has 1 aromatic carbocycles. The highest BCUT2D eigenvalue weighted by atomic mass is 35.5. The number of hydrogen-bond donors (Lipinski definition) is 0. The van der Waals surface area contributed by atoms with Gasteiger partial charge in [0.25, 0.3) is 0 Å². The molecule has 0 unspecified atom stereocenters. The Morgan fingerprint density at radius 2 is 1.94 bits per heavy atom. The van der Waals surface area contributed by atoms with Crippen molar-refractivity contribution in [3.05, 3.63) is 47.0 Å². The first-order valence-electron chi connectivity index (χ1n) is 6.26. The molecule has 2 aromatic rings. The lowest BCUT2D eigenvalue weighted by Crippen LogP contribution is -2.01. The summed E-state index contributed by atoms with van der Waals surface area (Å²) in [5, 5.41) is 4.94. The fourth-order valence-electron chi connectivity index (χ4n) is 2.59. The van der Waals surface area contributed by atoms with Crippen molar-refractivity contribution in [3.8, 4) is 5.69 Å². The highest BCUT2D eigenvalue weighted by molar-refractivity contribution is 6.29. The minimum absolute atomic E-state index is 0.305. The van der Waals surface area contributed by atoms with Crippen molar-refractivity contribution in [2.75, 3.05) is 0 Å². The van der Waals surface area contributed by atoms with Crippen LogP contribution in [0, 0.1) is 5.82 Å². The summed E-state index contributed by atoms with van der Waals surface area (Å²) in [6, 6.07) is 8.42. The van der Waals surface area contributed by atoms with Crippen molar-refractivity contribution in [2.45, 2.75) is 31.6 Å². The van der Waals surface area contributed by atoms with E-state index in [0.717, 1.165) is 18.5 Å². The molecule has 1 heterocycles. The van der Waals surface area contributed by atoms with Gasteiger partial charge in [0.1, 0.15) is 16.7 Å². The number of para-hydroxylation sites is 1. The molecule has 18 heavy (non-hydrogen) atoms. The molecule has 1 aliphatic carbocycles. The molecule has 94 valence electrons. The van der Waals surface area contributed by atoms with Crippen molar-refractivity contribution in [1.29, 1.82) is 0 Å². The highest BCUT2D eigenvalue weighted by Crippen LogP contribution is 2.35. The van der Waals surface area contributed by atoms with Gasteiger partial charge in [-0.2, -0.15) is 5.10 Å². The van der Waals surface area contributed by atoms with Crippen LogP contribution >= 0.6 is 11.6 Å². The fourth-order valence-corrected chi connectivity index (χ4v) is 2.83. The maximum atomic E-state index is 13.7. The second kappa shape index (κ2) is 4.73. The predicted octanol–water partition coefficient (Wildman–Crippen LogP) is 4.32. The van der Waals surface area contributed by atoms with Gasteiger partial charge in [-0.05, 0) is 31.0 Å². The summed E-state index contributed by atoms with van der Waals surface area (Å²) in [4.78, 5) is 0. The van der Waals surface area contributed by atoms with Gasteiger partial charge in [0.05, 0.1) is 5.69 Å². The summed E-state index contributed by atoms with van der Waals surface area (Å²) in [6.45, 7) is 0. The fraction of sp³-hybridized carbons (Fsp3) is 0.357. The van der Waals surface area contributed by atoms with Gasteiger partial charge >= 0.3 is 0 Å². The zero-order valence-corrected chi connectivity index (χ0v) is 10.7. The first kappa shape index (κ1) is 11.7. The third-order valence-corrected chi connectivity index (χ3v) is 3.81. The Morgan fingerprint density at radius 3 is 2.67 bits per heavy atom. The lowest BCUT2D eigenvalue weighted by molar-refractivity contribution is 0.606. The van der Waals surface area contributed by atoms with E-state index < -0.39 is 0 Å². The molecule has 1 fully saturated rings. The van der Waals surface area contributed by atoms with E-state index in [2.05, 4.69) is 5.10 Å². The standard InChI is InChI=1S/C14H14ClFN2/c15-14-9-12(10-5-1-2-6-10)17-18(14)13-8-4-3-7-11(13)16/h3-4,7-10H,1-2,5-6H2. The van der Waals surface area contributed by atoms with Gasteiger partial charge in [0, 0.05) is 5.92 Å². The molecule has 0 amide bonds. The number of nitrogens with zero attached hydrogens (tertiary/aromatic N) is 2. The van der Waals surface area contributed by atoms with E-state index in [0.29, 0.717) is 16.8 Å². The first-order valence-corrected chi connectivity index (χ1v) is 6.64. The number of halogens is 2. The van der Waals surface area contributed by atoms with Gasteiger partial charge < -0.3 is 0 Å². The molecule has 0 saturated heterocycles. The van der Waals surface area contributed by atoms with Crippen molar-refractivity contribution in [1.82, 2.24) is 9.78 Å². The van der Waals surface area contributed by atoms with E-state index in [1.54, 1.807) is 18.2 Å². The zero-order chi connectivity index (χ0) is 12.5. The van der Waals surface area contributed by atoms with Crippen LogP contribution < -0.4 is 0 Å². The molecule has 1 aliphatic rings. The number of benzene rings is 1. The molecule has 3 rings (SSSR count). The van der Waals surface area contributed by atoms with Crippen LogP contribution in [0.15, 0.2) is 30.3 Å². The Morgan fingerprint density at radius 1 is 1.22 bits per heavy atom. The molecule has 0 radical (unpaired) electrons. The summed E-state index contributed by atoms with van der Waals surface area (Å²) in [5.74, 6) is 0.177. The van der Waals surface area contributed by atoms with Crippen LogP contribution in [-0.4, -0.2) is 9.78 Å². The molecule has 4 heteroatoms. The van der Waals surface area contributed by atoms with E-state index in [1.165, 1.54) is 23.6 Å². The summed E-state index contributed by atoms with van der Waals surface area (Å²) >= 11 is 6.16. The molecule has 0 aliphatic heterocycles. The number of hydrogen-bond acceptors (Lipinski definition) is 1. The summed E-state index contributed by atoms with van der Waals surface area (Å²) in [6.07, 6.45) is 4.80. The van der Waals surface area contributed by atoms with E-state index >= 15 is 0 Å². The molecular formula is C14H14ClFN2. The van der Waals surface area contributed by atoms with E-state index in [4.69, 9.17) is 11.6 Å². The summed E-state index contributed by atoms with van der Waals surface area (Å²) in [5.41, 5.74) is 1.40. The van der Waals surface area contributed by atoms with E-state index in [1.807, 2.05) is 6.07 Å². The van der Waals surface area contributed by atoms with Crippen LogP contribution in [0.2, 0.25) is 5.15 Å². The highest BCUT2D eigenvalue weighted by Gasteiger charge is 2.21. The van der Waals surface area contributed by atoms with Crippen LogP contribution in [0.1, 0.15) is 37.3 Å². The van der Waals surface area contributed by atoms with Crippen LogP contribution in [0.3, 0.4) is 0 Å². The quantitative estimate of drug-likeness (QED) is 0.790. The third-order valence-electron chi connectivity index (χ3n) is 3.54. The lowest BCUT2D eigenvalue weighted by atomic mass is 10.1. The largest absolute Gasteiger partial charge is 0.219 e. The minimum atomic E-state index is -0.305. The van der Waals surface area contributed by atoms with E-state index in [-0.39, 0.29) is 5.82 Å². The Labute approximate surface area is 110 Å². The SMILES string of the molecule is Fc1ccccc1-n1nc(C2CCCC2)cc1Cl. The van der Waals surface area contributed by atoms with Crippen molar-refractivity contribution >= 4 is 11.6 Å². The predicted molar refractivity (Wildman–Crippen MR) is 69.7 cm³/mol. The van der Waals surface area contributed by atoms with Crippen molar-refractivity contribution < 1.29 is 4.39 Å². The molecular weight excluding hydrogens is 251 g/mol. The average Bonchev–Trinajstić information content (AvgIpc) is 2.99. The molecule has 1 saturated carbocycles. The van der Waals surface area contributed by atoms with Crippen LogP contribution in [-0.2, 0) is 0 Å². The van der Waals surface area contributed by atoms with E-state index in [9.17, 15) is 4.39 Å². The smallest absolute Gasteiger partial charge is 0.148 e. The normalized spacial score (nSPS) is 16.3. The monoisotopic (exact) mass is 264 g/mol. The zero-order valence-electron chi connectivity index (χ0n) is 9.94. The van der Waals surface area contributed by atoms with Gasteiger partial charge in [-0.25, -0.2) is 9.07 Å². The Bertz CT molecular complexity index is 559. The maximum Gasteiger partial charge on any atom is 0.148 e. The first-order chi connectivity index (χ1) is 8.75. The molecule has 0 atom stereocenters. The van der Waals surface area contributed by atoms with Crippen LogP contribution in [0.4, 0.5) is 4.39 Å². The summed E-state index contributed by atoms with van der Waals surface area (Å²) < 4.78 is 15.2. The third kappa shape index (κ3) is 2.03. The van der Waals surface area contributed by atoms with Crippen LogP contribution in [0.5, 0.6) is 0 Å². The Hall–Kier alpha value is -1.35. The second-order valence-corrected chi connectivity index (χ2v) is 5.12. The van der Waals surface area contributed by atoms with Gasteiger partial charge in [-0.3, -0.25) is 0 Å². The van der Waals surface area contributed by atoms with Gasteiger partial charge in [-0.1, -0.05) is 36.6 Å². The maximum absolute atomic E-state index is 13.7. The topological polar surface area (TPSA) is 17.8 Å². The molecule has 2 nitrogen and oxygen atoms in total. The molecule has 0 N–H and O–H groups in total. The van der Waals surface area contributed by atoms with Gasteiger partial charge in [0.2, 0.25) is 0 Å². The summed E-state index contributed by atoms with van der Waals surface area (Å²) in [7, 11) is 0. The van der Waals surface area contributed by atoms with Gasteiger partial charge in [-0.15, -0.1) is 0 Å². The van der Waals surface area contributed by atoms with Crippen LogP contribution in [0.25, 0.3) is 5.69 Å². The van der Waals surface area contributed by atoms with Crippen molar-refractivity contribution in [2.24, 2.45) is 0 Å². The van der Waals surface area contributed by atoms with Crippen molar-refractivity contribution in [3.63, 3.8) is 0 Å². The lowest BCUT2D eigenvalue weighted by Gasteiger charge is -2.05. The number of aromatic nitrogens is 2. The molecule has 1 aromatic heterocycles. The minimum Gasteiger partial charge on any atom is -0.219 e. The number of rotatable bonds is 2.